The number of hydrogen-bond donors (Lipinski definition) is 2. The number of rotatable bonds is 8. The lowest BCUT2D eigenvalue weighted by Gasteiger charge is -2.10. The van der Waals surface area contributed by atoms with Gasteiger partial charge in [0.15, 0.2) is 18.1 Å². The van der Waals surface area contributed by atoms with E-state index in [4.69, 9.17) is 15.2 Å². The van der Waals surface area contributed by atoms with E-state index in [2.05, 4.69) is 10.1 Å². The number of anilines is 1. The van der Waals surface area contributed by atoms with Crippen molar-refractivity contribution in [2.45, 2.75) is 0 Å². The largest absolute Gasteiger partial charge is 0.493 e. The zero-order valence-electron chi connectivity index (χ0n) is 16.3. The lowest BCUT2D eigenvalue weighted by atomic mass is 10.1. The molecule has 0 aliphatic rings. The number of primary amides is 1. The number of amides is 2. The van der Waals surface area contributed by atoms with Gasteiger partial charge in [-0.3, -0.25) is 9.59 Å². The molecular weight excluding hydrogens is 390 g/mol. The molecule has 154 valence electrons. The van der Waals surface area contributed by atoms with Gasteiger partial charge in [0.2, 0.25) is 0 Å². The molecule has 0 spiro atoms. The fraction of sp³-hybridized carbons (Fsp3) is 0.143. The average Bonchev–Trinajstić information content (AvgIpc) is 2.76. The van der Waals surface area contributed by atoms with Gasteiger partial charge in [0, 0.05) is 5.69 Å². The van der Waals surface area contributed by atoms with Crippen molar-refractivity contribution in [2.75, 3.05) is 26.1 Å². The summed E-state index contributed by atoms with van der Waals surface area (Å²) in [4.78, 5) is 34.7. The molecule has 3 N–H and O–H groups in total. The predicted molar refractivity (Wildman–Crippen MR) is 108 cm³/mol. The number of methoxy groups -OCH3 is 2. The van der Waals surface area contributed by atoms with E-state index in [1.807, 2.05) is 6.07 Å². The molecule has 0 saturated heterocycles. The van der Waals surface area contributed by atoms with Crippen LogP contribution in [-0.2, 0) is 14.3 Å². The van der Waals surface area contributed by atoms with Crippen molar-refractivity contribution in [2.24, 2.45) is 5.73 Å². The fourth-order valence-electron chi connectivity index (χ4n) is 2.36. The molecule has 9 heteroatoms. The van der Waals surface area contributed by atoms with E-state index in [1.54, 1.807) is 12.1 Å². The van der Waals surface area contributed by atoms with Gasteiger partial charge in [-0.25, -0.2) is 4.79 Å². The zero-order valence-corrected chi connectivity index (χ0v) is 16.3. The second kappa shape index (κ2) is 10.3. The van der Waals surface area contributed by atoms with Crippen molar-refractivity contribution in [3.8, 4) is 17.6 Å². The number of carbonyl (C=O) groups is 3. The van der Waals surface area contributed by atoms with Crippen molar-refractivity contribution in [3.63, 3.8) is 0 Å². The van der Waals surface area contributed by atoms with Crippen LogP contribution in [0.15, 0.2) is 48.0 Å². The summed E-state index contributed by atoms with van der Waals surface area (Å²) in [5, 5.41) is 11.9. The van der Waals surface area contributed by atoms with E-state index in [9.17, 15) is 19.6 Å². The van der Waals surface area contributed by atoms with Crippen LogP contribution in [0.4, 0.5) is 5.69 Å². The summed E-state index contributed by atoms with van der Waals surface area (Å²) in [6.45, 7) is -0.313. The van der Waals surface area contributed by atoms with Crippen LogP contribution >= 0.6 is 0 Å². The Labute approximate surface area is 172 Å². The molecule has 2 rings (SSSR count). The maximum atomic E-state index is 12.4. The molecule has 2 amide bonds. The van der Waals surface area contributed by atoms with Gasteiger partial charge >= 0.3 is 5.97 Å². The van der Waals surface area contributed by atoms with Crippen LogP contribution in [-0.4, -0.2) is 38.6 Å². The minimum Gasteiger partial charge on any atom is -0.493 e. The molecule has 9 nitrogen and oxygen atoms in total. The van der Waals surface area contributed by atoms with E-state index in [-0.39, 0.29) is 12.2 Å². The third-order valence-electron chi connectivity index (χ3n) is 3.80. The Bertz CT molecular complexity index is 1020. The summed E-state index contributed by atoms with van der Waals surface area (Å²) < 4.78 is 15.1. The summed E-state index contributed by atoms with van der Waals surface area (Å²) >= 11 is 0. The summed E-state index contributed by atoms with van der Waals surface area (Å²) in [6, 6.07) is 12.5. The van der Waals surface area contributed by atoms with E-state index in [0.29, 0.717) is 28.3 Å². The van der Waals surface area contributed by atoms with Crippen LogP contribution in [0.5, 0.6) is 11.5 Å². The average molecular weight is 409 g/mol. The number of nitriles is 1. The van der Waals surface area contributed by atoms with Crippen LogP contribution in [0.25, 0.3) is 6.08 Å². The van der Waals surface area contributed by atoms with Gasteiger partial charge in [-0.15, -0.1) is 0 Å². The first-order chi connectivity index (χ1) is 14.4. The highest BCUT2D eigenvalue weighted by Crippen LogP contribution is 2.29. The van der Waals surface area contributed by atoms with Gasteiger partial charge in [0.1, 0.15) is 11.6 Å². The predicted octanol–water partition coefficient (Wildman–Crippen LogP) is 1.89. The zero-order chi connectivity index (χ0) is 22.1. The molecule has 2 aromatic rings. The molecule has 30 heavy (non-hydrogen) atoms. The van der Waals surface area contributed by atoms with E-state index in [0.717, 1.165) is 0 Å². The normalized spacial score (nSPS) is 10.5. The Balaban J connectivity index is 2.18. The van der Waals surface area contributed by atoms with Crippen LogP contribution in [0.3, 0.4) is 0 Å². The van der Waals surface area contributed by atoms with Gasteiger partial charge in [0.25, 0.3) is 11.8 Å². The van der Waals surface area contributed by atoms with E-state index in [1.165, 1.54) is 50.6 Å². The molecule has 0 fully saturated rings. The molecule has 0 aliphatic carbocycles. The topological polar surface area (TPSA) is 141 Å². The smallest absolute Gasteiger partial charge is 0.337 e. The monoisotopic (exact) mass is 409 g/mol. The Morgan fingerprint density at radius 2 is 1.80 bits per heavy atom. The first-order valence-corrected chi connectivity index (χ1v) is 8.58. The van der Waals surface area contributed by atoms with Gasteiger partial charge in [0.05, 0.1) is 19.8 Å². The number of esters is 1. The SMILES string of the molecule is COC(=O)c1ccc(NC(=O)/C(C#N)=C/c2ccc(OCC(N)=O)c(OC)c2)cc1. The number of hydrogen-bond acceptors (Lipinski definition) is 7. The molecule has 2 aromatic carbocycles. The Morgan fingerprint density at radius 1 is 1.10 bits per heavy atom. The van der Waals surface area contributed by atoms with Crippen LogP contribution < -0.4 is 20.5 Å². The van der Waals surface area contributed by atoms with E-state index >= 15 is 0 Å². The second-order valence-corrected chi connectivity index (χ2v) is 5.86. The summed E-state index contributed by atoms with van der Waals surface area (Å²) in [5.41, 5.74) is 6.14. The molecule has 0 aliphatic heterocycles. The van der Waals surface area contributed by atoms with Gasteiger partial charge in [-0.05, 0) is 48.0 Å². The fourth-order valence-corrected chi connectivity index (χ4v) is 2.36. The molecule has 0 bridgehead atoms. The highest BCUT2D eigenvalue weighted by molar-refractivity contribution is 6.09. The number of nitrogens with one attached hydrogen (secondary N) is 1. The van der Waals surface area contributed by atoms with Gasteiger partial charge in [-0.1, -0.05) is 6.07 Å². The molecule has 0 atom stereocenters. The summed E-state index contributed by atoms with van der Waals surface area (Å²) in [7, 11) is 2.68. The third kappa shape index (κ3) is 5.84. The Hall–Kier alpha value is -4.32. The lowest BCUT2D eigenvalue weighted by Crippen LogP contribution is -2.20. The van der Waals surface area contributed by atoms with Crippen molar-refractivity contribution < 1.29 is 28.6 Å². The second-order valence-electron chi connectivity index (χ2n) is 5.86. The van der Waals surface area contributed by atoms with Crippen LogP contribution in [0.1, 0.15) is 15.9 Å². The van der Waals surface area contributed by atoms with Crippen molar-refractivity contribution >= 4 is 29.5 Å². The Kier molecular flexibility index (Phi) is 7.53. The van der Waals surface area contributed by atoms with Crippen molar-refractivity contribution in [1.29, 1.82) is 5.26 Å². The van der Waals surface area contributed by atoms with Crippen LogP contribution in [0.2, 0.25) is 0 Å². The highest BCUT2D eigenvalue weighted by atomic mass is 16.5. The highest BCUT2D eigenvalue weighted by Gasteiger charge is 2.12. The van der Waals surface area contributed by atoms with Crippen molar-refractivity contribution in [1.82, 2.24) is 0 Å². The van der Waals surface area contributed by atoms with Gasteiger partial charge in [-0.2, -0.15) is 5.26 Å². The Morgan fingerprint density at radius 3 is 2.37 bits per heavy atom. The number of carbonyl (C=O) groups excluding carboxylic acids is 3. The molecule has 0 unspecified atom stereocenters. The first kappa shape index (κ1) is 22.0. The number of nitrogens with two attached hydrogens (primary N) is 1. The summed E-state index contributed by atoms with van der Waals surface area (Å²) in [5.74, 6) is -1.16. The third-order valence-corrected chi connectivity index (χ3v) is 3.80. The lowest BCUT2D eigenvalue weighted by molar-refractivity contribution is -0.120. The number of benzene rings is 2. The maximum absolute atomic E-state index is 12.4. The molecule has 0 aromatic heterocycles. The van der Waals surface area contributed by atoms with Crippen LogP contribution in [0, 0.1) is 11.3 Å². The maximum Gasteiger partial charge on any atom is 0.337 e. The molecule has 0 radical (unpaired) electrons. The minimum atomic E-state index is -0.635. The van der Waals surface area contributed by atoms with Crippen molar-refractivity contribution in [3.05, 3.63) is 59.2 Å². The quantitative estimate of drug-likeness (QED) is 0.385. The number of ether oxygens (including phenoxy) is 3. The summed E-state index contributed by atoms with van der Waals surface area (Å²) in [6.07, 6.45) is 1.37. The first-order valence-electron chi connectivity index (χ1n) is 8.58. The van der Waals surface area contributed by atoms with Gasteiger partial charge < -0.3 is 25.3 Å². The van der Waals surface area contributed by atoms with E-state index < -0.39 is 17.8 Å². The standard InChI is InChI=1S/C21H19N3O6/c1-28-18-10-13(3-8-17(18)30-12-19(23)25)9-15(11-22)20(26)24-16-6-4-14(5-7-16)21(27)29-2/h3-10H,12H2,1-2H3,(H2,23,25)(H,24,26)/b15-9+. The molecular formula is C21H19N3O6. The molecule has 0 saturated carbocycles. The molecule has 0 heterocycles. The number of nitrogens with zero attached hydrogens (tertiary/aromatic N) is 1. The minimum absolute atomic E-state index is 0.153.